The molecule has 0 aromatic heterocycles. The summed E-state index contributed by atoms with van der Waals surface area (Å²) >= 11 is 3.34. The van der Waals surface area contributed by atoms with Crippen LogP contribution in [-0.4, -0.2) is 10.8 Å². The second kappa shape index (κ2) is 8.61. The first kappa shape index (κ1) is 18.2. The van der Waals surface area contributed by atoms with E-state index in [9.17, 15) is 14.9 Å². The van der Waals surface area contributed by atoms with Gasteiger partial charge in [-0.2, -0.15) is 5.26 Å². The first-order valence-electron chi connectivity index (χ1n) is 7.13. The molecule has 0 atom stereocenters. The smallest absolute Gasteiger partial charge is 0.271 e. The Bertz CT molecular complexity index is 857. The SMILES string of the molecule is N#C/C(=C/NCc1ccc(Br)cc1)C(=O)Nc1cccc([N+](=O)[O-])c1. The number of nitro benzene ring substituents is 1. The average Bonchev–Trinajstić information content (AvgIpc) is 2.60. The van der Waals surface area contributed by atoms with Gasteiger partial charge in [0.25, 0.3) is 11.6 Å². The lowest BCUT2D eigenvalue weighted by Gasteiger charge is -2.05. The Morgan fingerprint density at radius 3 is 2.64 bits per heavy atom. The molecule has 0 saturated carbocycles. The predicted molar refractivity (Wildman–Crippen MR) is 96.4 cm³/mol. The van der Waals surface area contributed by atoms with Crippen molar-refractivity contribution in [2.75, 3.05) is 5.32 Å². The van der Waals surface area contributed by atoms with E-state index < -0.39 is 10.8 Å². The fourth-order valence-corrected chi connectivity index (χ4v) is 2.18. The summed E-state index contributed by atoms with van der Waals surface area (Å²) in [5.41, 5.74) is 0.946. The Morgan fingerprint density at radius 1 is 1.28 bits per heavy atom. The number of nitrogens with zero attached hydrogens (tertiary/aromatic N) is 2. The molecule has 8 heteroatoms. The molecule has 0 fully saturated rings. The molecule has 0 heterocycles. The van der Waals surface area contributed by atoms with Crippen LogP contribution < -0.4 is 10.6 Å². The van der Waals surface area contributed by atoms with Crippen molar-refractivity contribution in [3.05, 3.63) is 80.5 Å². The van der Waals surface area contributed by atoms with E-state index in [-0.39, 0.29) is 16.9 Å². The van der Waals surface area contributed by atoms with Gasteiger partial charge in [0.05, 0.1) is 4.92 Å². The molecule has 2 N–H and O–H groups in total. The van der Waals surface area contributed by atoms with E-state index in [0.29, 0.717) is 6.54 Å². The molecule has 0 unspecified atom stereocenters. The fourth-order valence-electron chi connectivity index (χ4n) is 1.92. The van der Waals surface area contributed by atoms with Gasteiger partial charge in [-0.15, -0.1) is 0 Å². The van der Waals surface area contributed by atoms with Gasteiger partial charge in [0.2, 0.25) is 0 Å². The first-order chi connectivity index (χ1) is 12.0. The van der Waals surface area contributed by atoms with Gasteiger partial charge < -0.3 is 10.6 Å². The third-order valence-corrected chi connectivity index (χ3v) is 3.67. The van der Waals surface area contributed by atoms with Crippen molar-refractivity contribution in [1.82, 2.24) is 5.32 Å². The zero-order valence-electron chi connectivity index (χ0n) is 12.9. The van der Waals surface area contributed by atoms with Crippen molar-refractivity contribution >= 4 is 33.2 Å². The highest BCUT2D eigenvalue weighted by atomic mass is 79.9. The van der Waals surface area contributed by atoms with E-state index in [1.807, 2.05) is 24.3 Å². The van der Waals surface area contributed by atoms with E-state index in [1.54, 1.807) is 6.07 Å². The Hall–Kier alpha value is -3.18. The lowest BCUT2D eigenvalue weighted by molar-refractivity contribution is -0.384. The minimum absolute atomic E-state index is 0.136. The van der Waals surface area contributed by atoms with Gasteiger partial charge in [-0.05, 0) is 23.8 Å². The number of benzene rings is 2. The molecule has 0 saturated heterocycles. The van der Waals surface area contributed by atoms with Crippen LogP contribution in [0.2, 0.25) is 0 Å². The number of hydrogen-bond donors (Lipinski definition) is 2. The summed E-state index contributed by atoms with van der Waals surface area (Å²) in [5.74, 6) is -0.647. The minimum Gasteiger partial charge on any atom is -0.386 e. The molecule has 2 aromatic carbocycles. The highest BCUT2D eigenvalue weighted by molar-refractivity contribution is 9.10. The van der Waals surface area contributed by atoms with Gasteiger partial charge in [-0.3, -0.25) is 14.9 Å². The number of halogens is 1. The Morgan fingerprint density at radius 2 is 2.00 bits per heavy atom. The zero-order chi connectivity index (χ0) is 18.2. The van der Waals surface area contributed by atoms with Crippen LogP contribution in [0.1, 0.15) is 5.56 Å². The number of hydrogen-bond acceptors (Lipinski definition) is 5. The third-order valence-electron chi connectivity index (χ3n) is 3.15. The predicted octanol–water partition coefficient (Wildman–Crippen LogP) is 3.49. The molecule has 0 bridgehead atoms. The van der Waals surface area contributed by atoms with E-state index in [0.717, 1.165) is 10.0 Å². The number of nitrogens with one attached hydrogen (secondary N) is 2. The van der Waals surface area contributed by atoms with Crippen LogP contribution in [0.25, 0.3) is 0 Å². The largest absolute Gasteiger partial charge is 0.386 e. The van der Waals surface area contributed by atoms with E-state index >= 15 is 0 Å². The van der Waals surface area contributed by atoms with Gasteiger partial charge in [-0.1, -0.05) is 34.1 Å². The van der Waals surface area contributed by atoms with Crippen LogP contribution in [0.4, 0.5) is 11.4 Å². The van der Waals surface area contributed by atoms with Gasteiger partial charge in [-0.25, -0.2) is 0 Å². The molecule has 7 nitrogen and oxygen atoms in total. The minimum atomic E-state index is -0.647. The standard InChI is InChI=1S/C17H13BrN4O3/c18-14-6-4-12(5-7-14)10-20-11-13(9-19)17(23)21-15-2-1-3-16(8-15)22(24)25/h1-8,11,20H,10H2,(H,21,23)/b13-11-. The third kappa shape index (κ3) is 5.44. The first-order valence-corrected chi connectivity index (χ1v) is 7.93. The maximum atomic E-state index is 12.1. The van der Waals surface area contributed by atoms with Crippen LogP contribution in [0.3, 0.4) is 0 Å². The van der Waals surface area contributed by atoms with Gasteiger partial charge in [0, 0.05) is 35.0 Å². The highest BCUT2D eigenvalue weighted by Gasteiger charge is 2.11. The van der Waals surface area contributed by atoms with Crippen LogP contribution in [0.5, 0.6) is 0 Å². The molecule has 126 valence electrons. The summed E-state index contributed by atoms with van der Waals surface area (Å²) in [6, 6.07) is 14.9. The molecule has 25 heavy (non-hydrogen) atoms. The molecule has 0 aliphatic rings. The number of nitro groups is 1. The molecular formula is C17H13BrN4O3. The number of nitriles is 1. The Balaban J connectivity index is 2.00. The summed E-state index contributed by atoms with van der Waals surface area (Å²) in [4.78, 5) is 22.3. The average molecular weight is 401 g/mol. The summed E-state index contributed by atoms with van der Waals surface area (Å²) in [6.07, 6.45) is 1.31. The van der Waals surface area contributed by atoms with Crippen molar-refractivity contribution in [3.63, 3.8) is 0 Å². The van der Waals surface area contributed by atoms with Crippen LogP contribution in [-0.2, 0) is 11.3 Å². The van der Waals surface area contributed by atoms with Crippen molar-refractivity contribution in [2.24, 2.45) is 0 Å². The fraction of sp³-hybridized carbons (Fsp3) is 0.0588. The van der Waals surface area contributed by atoms with Crippen LogP contribution in [0.15, 0.2) is 64.8 Å². The number of carbonyl (C=O) groups excluding carboxylic acids is 1. The normalized spacial score (nSPS) is 10.6. The monoisotopic (exact) mass is 400 g/mol. The van der Waals surface area contributed by atoms with Crippen molar-refractivity contribution < 1.29 is 9.72 Å². The number of non-ortho nitro benzene ring substituents is 1. The topological polar surface area (TPSA) is 108 Å². The molecule has 0 aliphatic heterocycles. The molecule has 2 rings (SSSR count). The lowest BCUT2D eigenvalue weighted by atomic mass is 10.2. The van der Waals surface area contributed by atoms with Crippen molar-refractivity contribution in [2.45, 2.75) is 6.54 Å². The van der Waals surface area contributed by atoms with E-state index in [4.69, 9.17) is 5.26 Å². The Labute approximate surface area is 152 Å². The van der Waals surface area contributed by atoms with Gasteiger partial charge >= 0.3 is 0 Å². The molecular weight excluding hydrogens is 388 g/mol. The quantitative estimate of drug-likeness (QED) is 0.333. The number of carbonyl (C=O) groups is 1. The number of amides is 1. The van der Waals surface area contributed by atoms with Crippen LogP contribution >= 0.6 is 15.9 Å². The van der Waals surface area contributed by atoms with Crippen molar-refractivity contribution in [1.29, 1.82) is 5.26 Å². The molecule has 2 aromatic rings. The van der Waals surface area contributed by atoms with E-state index in [1.165, 1.54) is 30.5 Å². The summed E-state index contributed by atoms with van der Waals surface area (Å²) in [6.45, 7) is 0.447. The van der Waals surface area contributed by atoms with Crippen molar-refractivity contribution in [3.8, 4) is 6.07 Å². The molecule has 0 spiro atoms. The second-order valence-corrected chi connectivity index (χ2v) is 5.85. The maximum absolute atomic E-state index is 12.1. The molecule has 1 amide bonds. The summed E-state index contributed by atoms with van der Waals surface area (Å²) < 4.78 is 0.959. The highest BCUT2D eigenvalue weighted by Crippen LogP contribution is 2.17. The maximum Gasteiger partial charge on any atom is 0.271 e. The van der Waals surface area contributed by atoms with Gasteiger partial charge in [0.15, 0.2) is 0 Å². The van der Waals surface area contributed by atoms with E-state index in [2.05, 4.69) is 26.6 Å². The zero-order valence-corrected chi connectivity index (χ0v) is 14.5. The number of rotatable bonds is 6. The lowest BCUT2D eigenvalue weighted by Crippen LogP contribution is -2.16. The summed E-state index contributed by atoms with van der Waals surface area (Å²) in [5, 5.41) is 25.2. The molecule has 0 aliphatic carbocycles. The number of anilines is 1. The summed E-state index contributed by atoms with van der Waals surface area (Å²) in [7, 11) is 0. The van der Waals surface area contributed by atoms with Gasteiger partial charge in [0.1, 0.15) is 11.6 Å². The molecule has 0 radical (unpaired) electrons. The second-order valence-electron chi connectivity index (χ2n) is 4.94. The Kier molecular flexibility index (Phi) is 6.26. The van der Waals surface area contributed by atoms with Crippen LogP contribution in [0, 0.1) is 21.4 Å².